The van der Waals surface area contributed by atoms with Crippen LogP contribution in [0, 0.1) is 11.8 Å². The number of nitrogens with zero attached hydrogens (tertiary/aromatic N) is 1. The van der Waals surface area contributed by atoms with Crippen molar-refractivity contribution in [2.24, 2.45) is 17.6 Å². The molecule has 4 heteroatoms. The summed E-state index contributed by atoms with van der Waals surface area (Å²) in [4.78, 5) is 2.42. The van der Waals surface area contributed by atoms with Crippen molar-refractivity contribution in [1.82, 2.24) is 4.90 Å². The molecule has 0 aliphatic heterocycles. The number of alkyl halides is 2. The lowest BCUT2D eigenvalue weighted by Crippen LogP contribution is -2.52. The van der Waals surface area contributed by atoms with E-state index in [9.17, 15) is 8.78 Å². The van der Waals surface area contributed by atoms with E-state index in [1.807, 2.05) is 0 Å². The normalized spacial score (nSPS) is 38.4. The lowest BCUT2D eigenvalue weighted by Gasteiger charge is -2.44. The van der Waals surface area contributed by atoms with Crippen LogP contribution in [-0.4, -0.2) is 36.0 Å². The van der Waals surface area contributed by atoms with Gasteiger partial charge in [0.1, 0.15) is 0 Å². The van der Waals surface area contributed by atoms with Gasteiger partial charge in [0.15, 0.2) is 0 Å². The Morgan fingerprint density at radius 3 is 2.25 bits per heavy atom. The van der Waals surface area contributed by atoms with E-state index in [-0.39, 0.29) is 12.3 Å². The Balaban J connectivity index is 1.90. The molecule has 0 amide bonds. The number of halogens is 2. The van der Waals surface area contributed by atoms with Crippen molar-refractivity contribution >= 4 is 0 Å². The largest absolute Gasteiger partial charge is 0.322 e. The Hall–Kier alpha value is -0.220. The SMILES string of the molecule is CC(C)N(C)C1CCC([C@H]2CCCC(F)(F)[C@@H]2N)CC1. The van der Waals surface area contributed by atoms with Crippen molar-refractivity contribution in [3.05, 3.63) is 0 Å². The van der Waals surface area contributed by atoms with Crippen LogP contribution in [0.25, 0.3) is 0 Å². The molecule has 0 spiro atoms. The minimum absolute atomic E-state index is 0.0178. The molecule has 2 aliphatic rings. The third-order valence-electron chi connectivity index (χ3n) is 5.73. The molecular formula is C16H30F2N2. The fourth-order valence-electron chi connectivity index (χ4n) is 4.12. The van der Waals surface area contributed by atoms with E-state index in [0.29, 0.717) is 24.4 Å². The van der Waals surface area contributed by atoms with Crippen molar-refractivity contribution in [3.8, 4) is 0 Å². The van der Waals surface area contributed by atoms with E-state index in [1.54, 1.807) is 0 Å². The Morgan fingerprint density at radius 1 is 1.10 bits per heavy atom. The Morgan fingerprint density at radius 2 is 1.70 bits per heavy atom. The summed E-state index contributed by atoms with van der Waals surface area (Å²) >= 11 is 0. The molecule has 20 heavy (non-hydrogen) atoms. The van der Waals surface area contributed by atoms with Gasteiger partial charge in [-0.05, 0) is 71.3 Å². The van der Waals surface area contributed by atoms with Crippen LogP contribution in [0.5, 0.6) is 0 Å². The summed E-state index contributed by atoms with van der Waals surface area (Å²) in [6.07, 6.45) is 5.91. The van der Waals surface area contributed by atoms with Crippen LogP contribution in [0.1, 0.15) is 58.8 Å². The third-order valence-corrected chi connectivity index (χ3v) is 5.73. The number of hydrogen-bond donors (Lipinski definition) is 1. The van der Waals surface area contributed by atoms with E-state index < -0.39 is 12.0 Å². The van der Waals surface area contributed by atoms with Gasteiger partial charge in [0.25, 0.3) is 5.92 Å². The smallest absolute Gasteiger partial charge is 0.263 e. The second-order valence-electron chi connectivity index (χ2n) is 7.17. The molecule has 2 nitrogen and oxygen atoms in total. The molecule has 2 rings (SSSR count). The van der Waals surface area contributed by atoms with Gasteiger partial charge >= 0.3 is 0 Å². The summed E-state index contributed by atoms with van der Waals surface area (Å²) in [7, 11) is 2.18. The van der Waals surface area contributed by atoms with Crippen molar-refractivity contribution in [1.29, 1.82) is 0 Å². The summed E-state index contributed by atoms with van der Waals surface area (Å²) in [5.41, 5.74) is 5.87. The molecule has 0 aromatic rings. The van der Waals surface area contributed by atoms with Gasteiger partial charge in [-0.3, -0.25) is 0 Å². The van der Waals surface area contributed by atoms with Crippen LogP contribution >= 0.6 is 0 Å². The van der Waals surface area contributed by atoms with Crippen LogP contribution in [0.15, 0.2) is 0 Å². The fraction of sp³-hybridized carbons (Fsp3) is 1.00. The van der Waals surface area contributed by atoms with Crippen molar-refractivity contribution in [2.75, 3.05) is 7.05 Å². The zero-order valence-electron chi connectivity index (χ0n) is 13.1. The first kappa shape index (κ1) is 16.2. The molecule has 2 fully saturated rings. The van der Waals surface area contributed by atoms with Gasteiger partial charge in [0.05, 0.1) is 6.04 Å². The number of hydrogen-bond acceptors (Lipinski definition) is 2. The van der Waals surface area contributed by atoms with Gasteiger partial charge < -0.3 is 10.6 Å². The van der Waals surface area contributed by atoms with Crippen LogP contribution in [-0.2, 0) is 0 Å². The van der Waals surface area contributed by atoms with Crippen molar-refractivity contribution in [2.45, 2.75) is 82.8 Å². The fourth-order valence-corrected chi connectivity index (χ4v) is 4.12. The molecule has 118 valence electrons. The maximum Gasteiger partial charge on any atom is 0.263 e. The van der Waals surface area contributed by atoms with E-state index >= 15 is 0 Å². The lowest BCUT2D eigenvalue weighted by atomic mass is 9.69. The summed E-state index contributed by atoms with van der Waals surface area (Å²) in [6, 6.07) is 0.255. The van der Waals surface area contributed by atoms with Gasteiger partial charge in [-0.15, -0.1) is 0 Å². The Labute approximate surface area is 122 Å². The van der Waals surface area contributed by atoms with Gasteiger partial charge in [-0.1, -0.05) is 0 Å². The van der Waals surface area contributed by atoms with Gasteiger partial charge in [0, 0.05) is 18.5 Å². The molecule has 0 aromatic carbocycles. The van der Waals surface area contributed by atoms with Crippen molar-refractivity contribution in [3.63, 3.8) is 0 Å². The molecule has 2 N–H and O–H groups in total. The Bertz CT molecular complexity index is 312. The van der Waals surface area contributed by atoms with Gasteiger partial charge in [0.2, 0.25) is 0 Å². The molecule has 2 saturated carbocycles. The number of rotatable bonds is 3. The van der Waals surface area contributed by atoms with Gasteiger partial charge in [-0.2, -0.15) is 0 Å². The molecule has 0 unspecified atom stereocenters. The molecule has 2 atom stereocenters. The molecular weight excluding hydrogens is 258 g/mol. The molecule has 0 aromatic heterocycles. The van der Waals surface area contributed by atoms with Crippen LogP contribution < -0.4 is 5.73 Å². The first-order valence-corrected chi connectivity index (χ1v) is 8.18. The van der Waals surface area contributed by atoms with Crippen LogP contribution in [0.3, 0.4) is 0 Å². The minimum Gasteiger partial charge on any atom is -0.322 e. The third kappa shape index (κ3) is 3.33. The topological polar surface area (TPSA) is 29.3 Å². The van der Waals surface area contributed by atoms with E-state index in [0.717, 1.165) is 32.1 Å². The summed E-state index contributed by atoms with van der Waals surface area (Å²) in [6.45, 7) is 4.42. The quantitative estimate of drug-likeness (QED) is 0.859. The Kier molecular flexibility index (Phi) is 5.06. The maximum atomic E-state index is 13.8. The van der Waals surface area contributed by atoms with Crippen LogP contribution in [0.2, 0.25) is 0 Å². The standard InChI is InChI=1S/C16H30F2N2/c1-11(2)20(3)13-8-6-12(7-9-13)14-5-4-10-16(17,18)15(14)19/h11-15H,4-10,19H2,1-3H3/t12?,13?,14-,15-/m1/s1. The van der Waals surface area contributed by atoms with Crippen molar-refractivity contribution < 1.29 is 8.78 Å². The zero-order valence-corrected chi connectivity index (χ0v) is 13.1. The first-order valence-electron chi connectivity index (χ1n) is 8.18. The van der Waals surface area contributed by atoms with E-state index in [4.69, 9.17) is 5.73 Å². The van der Waals surface area contributed by atoms with E-state index in [1.165, 1.54) is 0 Å². The molecule has 0 bridgehead atoms. The summed E-state index contributed by atoms with van der Waals surface area (Å²) < 4.78 is 27.6. The van der Waals surface area contributed by atoms with Crippen LogP contribution in [0.4, 0.5) is 8.78 Å². The highest BCUT2D eigenvalue weighted by Crippen LogP contribution is 2.43. The van der Waals surface area contributed by atoms with E-state index in [2.05, 4.69) is 25.8 Å². The monoisotopic (exact) mass is 288 g/mol. The summed E-state index contributed by atoms with van der Waals surface area (Å²) in [5, 5.41) is 0. The average molecular weight is 288 g/mol. The predicted molar refractivity (Wildman–Crippen MR) is 78.9 cm³/mol. The summed E-state index contributed by atoms with van der Waals surface area (Å²) in [5.74, 6) is -2.20. The lowest BCUT2D eigenvalue weighted by molar-refractivity contribution is -0.0859. The second-order valence-corrected chi connectivity index (χ2v) is 7.17. The highest BCUT2D eigenvalue weighted by Gasteiger charge is 2.47. The molecule has 0 saturated heterocycles. The molecule has 0 heterocycles. The van der Waals surface area contributed by atoms with Gasteiger partial charge in [-0.25, -0.2) is 8.78 Å². The average Bonchev–Trinajstić information content (AvgIpc) is 2.41. The highest BCUT2D eigenvalue weighted by atomic mass is 19.3. The maximum absolute atomic E-state index is 13.8. The minimum atomic E-state index is -2.64. The first-order chi connectivity index (χ1) is 9.33. The number of nitrogens with two attached hydrogens (primary N) is 1. The zero-order chi connectivity index (χ0) is 14.9. The predicted octanol–water partition coefficient (Wildman–Crippen LogP) is 3.65. The highest BCUT2D eigenvalue weighted by molar-refractivity contribution is 4.95. The molecule has 0 radical (unpaired) electrons. The second kappa shape index (κ2) is 6.27. The molecule has 2 aliphatic carbocycles.